The van der Waals surface area contributed by atoms with Crippen molar-refractivity contribution in [3.63, 3.8) is 0 Å². The van der Waals surface area contributed by atoms with Gasteiger partial charge in [0, 0.05) is 29.8 Å². The SMILES string of the molecule is CCN(CC)CCCN(CC)c1ccc(C(C)N)c(Cl)c1. The predicted octanol–water partition coefficient (Wildman–Crippen LogP) is 3.92. The Bertz CT molecular complexity index is 416. The molecule has 4 heteroatoms. The molecule has 0 aliphatic heterocycles. The lowest BCUT2D eigenvalue weighted by atomic mass is 10.1. The normalized spacial score (nSPS) is 12.7. The van der Waals surface area contributed by atoms with E-state index in [1.165, 1.54) is 12.1 Å². The highest BCUT2D eigenvalue weighted by Crippen LogP contribution is 2.27. The molecule has 0 aliphatic rings. The van der Waals surface area contributed by atoms with Crippen LogP contribution >= 0.6 is 11.6 Å². The summed E-state index contributed by atoms with van der Waals surface area (Å²) in [4.78, 5) is 4.83. The topological polar surface area (TPSA) is 32.5 Å². The van der Waals surface area contributed by atoms with E-state index in [9.17, 15) is 0 Å². The van der Waals surface area contributed by atoms with Crippen molar-refractivity contribution in [1.29, 1.82) is 0 Å². The van der Waals surface area contributed by atoms with E-state index in [0.717, 1.165) is 43.3 Å². The summed E-state index contributed by atoms with van der Waals surface area (Å²) < 4.78 is 0. The highest BCUT2D eigenvalue weighted by atomic mass is 35.5. The monoisotopic (exact) mass is 311 g/mol. The number of hydrogen-bond acceptors (Lipinski definition) is 3. The fourth-order valence-electron chi connectivity index (χ4n) is 2.58. The molecule has 120 valence electrons. The lowest BCUT2D eigenvalue weighted by Crippen LogP contribution is -2.30. The van der Waals surface area contributed by atoms with E-state index in [4.69, 9.17) is 17.3 Å². The standard InChI is InChI=1S/C17H30ClN3/c1-5-20(6-2)11-8-12-21(7-3)15-9-10-16(14(4)19)17(18)13-15/h9-10,13-14H,5-8,11-12,19H2,1-4H3. The van der Waals surface area contributed by atoms with Crippen LogP contribution < -0.4 is 10.6 Å². The molecule has 0 aromatic heterocycles. The van der Waals surface area contributed by atoms with Crippen LogP contribution in [0.5, 0.6) is 0 Å². The highest BCUT2D eigenvalue weighted by molar-refractivity contribution is 6.31. The van der Waals surface area contributed by atoms with Crippen molar-refractivity contribution in [2.75, 3.05) is 37.6 Å². The number of nitrogens with zero attached hydrogens (tertiary/aromatic N) is 2. The summed E-state index contributed by atoms with van der Waals surface area (Å²) >= 11 is 6.34. The number of benzene rings is 1. The zero-order valence-corrected chi connectivity index (χ0v) is 14.7. The van der Waals surface area contributed by atoms with Crippen LogP contribution in [-0.2, 0) is 0 Å². The van der Waals surface area contributed by atoms with Crippen molar-refractivity contribution in [2.24, 2.45) is 5.73 Å². The van der Waals surface area contributed by atoms with Gasteiger partial charge in [0.2, 0.25) is 0 Å². The van der Waals surface area contributed by atoms with Gasteiger partial charge in [-0.25, -0.2) is 0 Å². The van der Waals surface area contributed by atoms with Crippen LogP contribution in [0.25, 0.3) is 0 Å². The Morgan fingerprint density at radius 3 is 2.24 bits per heavy atom. The Labute approximate surface area is 135 Å². The van der Waals surface area contributed by atoms with Crippen molar-refractivity contribution < 1.29 is 0 Å². The summed E-state index contributed by atoms with van der Waals surface area (Å²) in [7, 11) is 0. The molecule has 0 bridgehead atoms. The second-order valence-corrected chi connectivity index (χ2v) is 5.86. The van der Waals surface area contributed by atoms with E-state index in [1.54, 1.807) is 0 Å². The van der Waals surface area contributed by atoms with Gasteiger partial charge >= 0.3 is 0 Å². The maximum atomic E-state index is 6.34. The molecule has 0 saturated heterocycles. The Kier molecular flexibility index (Phi) is 8.09. The Morgan fingerprint density at radius 1 is 1.10 bits per heavy atom. The molecule has 0 fully saturated rings. The highest BCUT2D eigenvalue weighted by Gasteiger charge is 2.10. The first-order chi connectivity index (χ1) is 10.0. The molecular weight excluding hydrogens is 282 g/mol. The third kappa shape index (κ3) is 5.50. The number of rotatable bonds is 9. The molecule has 0 heterocycles. The van der Waals surface area contributed by atoms with E-state index in [1.807, 2.05) is 13.0 Å². The minimum atomic E-state index is -0.0238. The van der Waals surface area contributed by atoms with Crippen LogP contribution in [0.15, 0.2) is 18.2 Å². The van der Waals surface area contributed by atoms with E-state index < -0.39 is 0 Å². The van der Waals surface area contributed by atoms with E-state index in [-0.39, 0.29) is 6.04 Å². The van der Waals surface area contributed by atoms with Crippen molar-refractivity contribution in [3.05, 3.63) is 28.8 Å². The van der Waals surface area contributed by atoms with Gasteiger partial charge in [0.15, 0.2) is 0 Å². The van der Waals surface area contributed by atoms with Crippen LogP contribution in [-0.4, -0.2) is 37.6 Å². The molecule has 1 unspecified atom stereocenters. The van der Waals surface area contributed by atoms with Gasteiger partial charge in [-0.05, 0) is 57.6 Å². The summed E-state index contributed by atoms with van der Waals surface area (Å²) in [6.45, 7) is 14.0. The number of nitrogens with two attached hydrogens (primary N) is 1. The van der Waals surface area contributed by atoms with Gasteiger partial charge in [-0.15, -0.1) is 0 Å². The minimum Gasteiger partial charge on any atom is -0.372 e. The number of anilines is 1. The van der Waals surface area contributed by atoms with Gasteiger partial charge in [0.05, 0.1) is 0 Å². The molecule has 0 aliphatic carbocycles. The van der Waals surface area contributed by atoms with Crippen molar-refractivity contribution >= 4 is 17.3 Å². The summed E-state index contributed by atoms with van der Waals surface area (Å²) in [6.07, 6.45) is 1.17. The maximum absolute atomic E-state index is 6.34. The summed E-state index contributed by atoms with van der Waals surface area (Å²) in [5.41, 5.74) is 8.11. The van der Waals surface area contributed by atoms with Gasteiger partial charge < -0.3 is 15.5 Å². The average Bonchev–Trinajstić information content (AvgIpc) is 2.47. The molecule has 0 radical (unpaired) electrons. The predicted molar refractivity (Wildman–Crippen MR) is 94.3 cm³/mol. The Hall–Kier alpha value is -0.770. The molecular formula is C17H30ClN3. The summed E-state index contributed by atoms with van der Waals surface area (Å²) in [5, 5.41) is 0.768. The van der Waals surface area contributed by atoms with Crippen molar-refractivity contribution in [2.45, 2.75) is 40.2 Å². The van der Waals surface area contributed by atoms with Gasteiger partial charge in [-0.2, -0.15) is 0 Å². The smallest absolute Gasteiger partial charge is 0.0474 e. The molecule has 0 amide bonds. The first-order valence-electron chi connectivity index (χ1n) is 8.05. The molecule has 21 heavy (non-hydrogen) atoms. The van der Waals surface area contributed by atoms with Crippen LogP contribution in [0.3, 0.4) is 0 Å². The Balaban J connectivity index is 2.66. The van der Waals surface area contributed by atoms with E-state index in [2.05, 4.69) is 42.7 Å². The first kappa shape index (κ1) is 18.3. The molecule has 1 rings (SSSR count). The fourth-order valence-corrected chi connectivity index (χ4v) is 2.92. The first-order valence-corrected chi connectivity index (χ1v) is 8.43. The quantitative estimate of drug-likeness (QED) is 0.750. The molecule has 3 nitrogen and oxygen atoms in total. The zero-order valence-electron chi connectivity index (χ0n) is 13.9. The molecule has 2 N–H and O–H groups in total. The van der Waals surface area contributed by atoms with Crippen LogP contribution in [0.2, 0.25) is 5.02 Å². The third-order valence-corrected chi connectivity index (χ3v) is 4.35. The Morgan fingerprint density at radius 2 is 1.76 bits per heavy atom. The van der Waals surface area contributed by atoms with E-state index in [0.29, 0.717) is 0 Å². The van der Waals surface area contributed by atoms with Crippen molar-refractivity contribution in [3.8, 4) is 0 Å². The second kappa shape index (κ2) is 9.29. The largest absolute Gasteiger partial charge is 0.372 e. The summed E-state index contributed by atoms with van der Waals surface area (Å²) in [5.74, 6) is 0. The molecule has 1 aromatic rings. The minimum absolute atomic E-state index is 0.0238. The lowest BCUT2D eigenvalue weighted by molar-refractivity contribution is 0.301. The van der Waals surface area contributed by atoms with E-state index >= 15 is 0 Å². The lowest BCUT2D eigenvalue weighted by Gasteiger charge is -2.26. The van der Waals surface area contributed by atoms with Gasteiger partial charge in [-0.1, -0.05) is 31.5 Å². The number of halogens is 1. The average molecular weight is 312 g/mol. The fraction of sp³-hybridized carbons (Fsp3) is 0.647. The molecule has 1 aromatic carbocycles. The third-order valence-electron chi connectivity index (χ3n) is 4.02. The maximum Gasteiger partial charge on any atom is 0.0474 e. The molecule has 0 spiro atoms. The van der Waals surface area contributed by atoms with Gasteiger partial charge in [0.25, 0.3) is 0 Å². The van der Waals surface area contributed by atoms with Gasteiger partial charge in [-0.3, -0.25) is 0 Å². The second-order valence-electron chi connectivity index (χ2n) is 5.45. The molecule has 1 atom stereocenters. The summed E-state index contributed by atoms with van der Waals surface area (Å²) in [6, 6.07) is 6.20. The zero-order chi connectivity index (χ0) is 15.8. The number of hydrogen-bond donors (Lipinski definition) is 1. The van der Waals surface area contributed by atoms with Crippen LogP contribution in [0.1, 0.15) is 45.7 Å². The van der Waals surface area contributed by atoms with Crippen LogP contribution in [0, 0.1) is 0 Å². The van der Waals surface area contributed by atoms with Gasteiger partial charge in [0.1, 0.15) is 0 Å². The molecule has 0 saturated carbocycles. The van der Waals surface area contributed by atoms with Crippen LogP contribution in [0.4, 0.5) is 5.69 Å². The van der Waals surface area contributed by atoms with Crippen molar-refractivity contribution in [1.82, 2.24) is 4.90 Å².